The molecule has 0 unspecified atom stereocenters. The fourth-order valence-corrected chi connectivity index (χ4v) is 3.86. The predicted octanol–water partition coefficient (Wildman–Crippen LogP) is 4.61. The summed E-state index contributed by atoms with van der Waals surface area (Å²) in [4.78, 5) is 37.5. The van der Waals surface area contributed by atoms with Crippen LogP contribution in [-0.4, -0.2) is 22.2 Å². The number of benzene rings is 3. The third kappa shape index (κ3) is 5.11. The minimum absolute atomic E-state index is 0.0449. The van der Waals surface area contributed by atoms with Gasteiger partial charge in [0.1, 0.15) is 4.32 Å². The number of carbonyl (C=O) groups excluding carboxylic acids is 3. The zero-order chi connectivity index (χ0) is 22.5. The summed E-state index contributed by atoms with van der Waals surface area (Å²) in [5, 5.41) is 2.54. The van der Waals surface area contributed by atoms with Gasteiger partial charge in [0, 0.05) is 0 Å². The number of esters is 2. The van der Waals surface area contributed by atoms with Gasteiger partial charge in [-0.05, 0) is 48.0 Å². The zero-order valence-electron chi connectivity index (χ0n) is 16.4. The molecule has 1 saturated heterocycles. The van der Waals surface area contributed by atoms with Crippen LogP contribution < -0.4 is 14.8 Å². The molecule has 6 nitrogen and oxygen atoms in total. The van der Waals surface area contributed by atoms with Gasteiger partial charge in [-0.25, -0.2) is 9.59 Å². The minimum atomic E-state index is -0.610. The summed E-state index contributed by atoms with van der Waals surface area (Å²) in [5.74, 6) is -1.39. The average Bonchev–Trinajstić information content (AvgIpc) is 3.13. The summed E-state index contributed by atoms with van der Waals surface area (Å²) < 4.78 is 11.4. The Bertz CT molecular complexity index is 1240. The van der Waals surface area contributed by atoms with Gasteiger partial charge in [0.05, 0.1) is 16.0 Å². The smallest absolute Gasteiger partial charge is 0.343 e. The number of amides is 1. The number of carbonyl (C=O) groups is 3. The van der Waals surface area contributed by atoms with E-state index in [9.17, 15) is 14.4 Å². The topological polar surface area (TPSA) is 81.7 Å². The van der Waals surface area contributed by atoms with E-state index in [4.69, 9.17) is 21.7 Å². The average molecular weight is 462 g/mol. The lowest BCUT2D eigenvalue weighted by Crippen LogP contribution is -2.17. The second-order valence-electron chi connectivity index (χ2n) is 6.57. The summed E-state index contributed by atoms with van der Waals surface area (Å²) in [6, 6.07) is 21.6. The molecule has 1 fully saturated rings. The number of hydrogen-bond acceptors (Lipinski definition) is 7. The first-order valence-electron chi connectivity index (χ1n) is 9.43. The Balaban J connectivity index is 1.66. The van der Waals surface area contributed by atoms with Crippen molar-refractivity contribution in [2.45, 2.75) is 0 Å². The van der Waals surface area contributed by atoms with E-state index in [0.717, 1.165) is 11.8 Å². The van der Waals surface area contributed by atoms with E-state index in [2.05, 4.69) is 5.32 Å². The van der Waals surface area contributed by atoms with Crippen molar-refractivity contribution in [3.8, 4) is 11.5 Å². The highest BCUT2D eigenvalue weighted by Crippen LogP contribution is 2.33. The number of thioether (sulfide) groups is 1. The van der Waals surface area contributed by atoms with Gasteiger partial charge in [-0.3, -0.25) is 4.79 Å². The van der Waals surface area contributed by atoms with Gasteiger partial charge >= 0.3 is 11.9 Å². The van der Waals surface area contributed by atoms with Crippen LogP contribution in [-0.2, 0) is 4.79 Å². The van der Waals surface area contributed by atoms with Gasteiger partial charge < -0.3 is 14.8 Å². The Morgan fingerprint density at radius 3 is 1.91 bits per heavy atom. The van der Waals surface area contributed by atoms with E-state index in [0.29, 0.717) is 25.9 Å². The number of nitrogens with one attached hydrogen (secondary N) is 1. The number of hydrogen-bond donors (Lipinski definition) is 1. The standard InChI is InChI=1S/C24H15NO5S2/c26-21-20(32-24(31)25-21)14-15-11-12-18(29-22(27)16-7-3-1-4-8-16)19(13-15)30-23(28)17-9-5-2-6-10-17/h1-14H,(H,25,26,31). The molecule has 1 heterocycles. The SMILES string of the molecule is O=C1NC(=S)SC1=Cc1ccc(OC(=O)c2ccccc2)c(OC(=O)c2ccccc2)c1. The normalized spacial score (nSPS) is 14.2. The molecule has 158 valence electrons. The van der Waals surface area contributed by atoms with Crippen LogP contribution in [0.3, 0.4) is 0 Å². The van der Waals surface area contributed by atoms with Crippen LogP contribution in [0.25, 0.3) is 6.08 Å². The highest BCUT2D eigenvalue weighted by molar-refractivity contribution is 8.26. The maximum Gasteiger partial charge on any atom is 0.343 e. The molecule has 0 saturated carbocycles. The van der Waals surface area contributed by atoms with Crippen LogP contribution in [0.4, 0.5) is 0 Å². The summed E-state index contributed by atoms with van der Waals surface area (Å²) in [5.41, 5.74) is 1.27. The Morgan fingerprint density at radius 1 is 0.812 bits per heavy atom. The van der Waals surface area contributed by atoms with Gasteiger partial charge in [-0.1, -0.05) is 66.4 Å². The lowest BCUT2D eigenvalue weighted by Gasteiger charge is -2.12. The second kappa shape index (κ2) is 9.59. The van der Waals surface area contributed by atoms with E-state index in [1.165, 1.54) is 12.1 Å². The van der Waals surface area contributed by atoms with Gasteiger partial charge in [0.15, 0.2) is 11.5 Å². The first-order chi connectivity index (χ1) is 15.5. The molecular weight excluding hydrogens is 446 g/mol. The van der Waals surface area contributed by atoms with Crippen LogP contribution in [0.5, 0.6) is 11.5 Å². The maximum absolute atomic E-state index is 12.6. The summed E-state index contributed by atoms with van der Waals surface area (Å²) >= 11 is 6.14. The molecule has 0 atom stereocenters. The molecule has 1 amide bonds. The van der Waals surface area contributed by atoms with E-state index < -0.39 is 11.9 Å². The zero-order valence-corrected chi connectivity index (χ0v) is 18.1. The van der Waals surface area contributed by atoms with Crippen LogP contribution in [0.15, 0.2) is 83.8 Å². The summed E-state index contributed by atoms with van der Waals surface area (Å²) in [6.45, 7) is 0. The molecule has 0 spiro atoms. The molecule has 3 aromatic carbocycles. The quantitative estimate of drug-likeness (QED) is 0.257. The molecule has 32 heavy (non-hydrogen) atoms. The van der Waals surface area contributed by atoms with Crippen molar-refractivity contribution in [1.82, 2.24) is 5.32 Å². The molecule has 8 heteroatoms. The maximum atomic E-state index is 12.6. The largest absolute Gasteiger partial charge is 0.419 e. The minimum Gasteiger partial charge on any atom is -0.419 e. The van der Waals surface area contributed by atoms with Gasteiger partial charge in [-0.2, -0.15) is 0 Å². The number of ether oxygens (including phenoxy) is 2. The van der Waals surface area contributed by atoms with Gasteiger partial charge in [-0.15, -0.1) is 0 Å². The molecule has 1 N–H and O–H groups in total. The van der Waals surface area contributed by atoms with Gasteiger partial charge in [0.2, 0.25) is 0 Å². The van der Waals surface area contributed by atoms with Crippen molar-refractivity contribution in [3.63, 3.8) is 0 Å². The Hall–Kier alpha value is -3.75. The van der Waals surface area contributed by atoms with E-state index in [-0.39, 0.29) is 17.4 Å². The van der Waals surface area contributed by atoms with Crippen LogP contribution in [0, 0.1) is 0 Å². The van der Waals surface area contributed by atoms with Crippen molar-refractivity contribution < 1.29 is 23.9 Å². The van der Waals surface area contributed by atoms with Crippen LogP contribution in [0.2, 0.25) is 0 Å². The summed E-state index contributed by atoms with van der Waals surface area (Å²) in [6.07, 6.45) is 1.61. The van der Waals surface area contributed by atoms with Crippen molar-refractivity contribution in [3.05, 3.63) is 100 Å². The molecule has 3 aromatic rings. The second-order valence-corrected chi connectivity index (χ2v) is 8.29. The first kappa shape index (κ1) is 21.5. The van der Waals surface area contributed by atoms with E-state index >= 15 is 0 Å². The molecule has 0 aliphatic carbocycles. The Morgan fingerprint density at radius 2 is 1.38 bits per heavy atom. The molecule has 1 aliphatic heterocycles. The van der Waals surface area contributed by atoms with Crippen LogP contribution >= 0.6 is 24.0 Å². The highest BCUT2D eigenvalue weighted by Gasteiger charge is 2.23. The van der Waals surface area contributed by atoms with Crippen molar-refractivity contribution in [1.29, 1.82) is 0 Å². The van der Waals surface area contributed by atoms with Crippen molar-refractivity contribution >= 4 is 52.2 Å². The molecule has 0 radical (unpaired) electrons. The predicted molar refractivity (Wildman–Crippen MR) is 126 cm³/mol. The Kier molecular flexibility index (Phi) is 6.44. The van der Waals surface area contributed by atoms with Gasteiger partial charge in [0.25, 0.3) is 5.91 Å². The molecular formula is C24H15NO5S2. The molecule has 1 aliphatic rings. The third-order valence-corrected chi connectivity index (χ3v) is 5.49. The Labute approximate surface area is 193 Å². The fraction of sp³-hybridized carbons (Fsp3) is 0. The van der Waals surface area contributed by atoms with Crippen molar-refractivity contribution in [2.24, 2.45) is 0 Å². The number of thiocarbonyl (C=S) groups is 1. The molecule has 0 aromatic heterocycles. The fourth-order valence-electron chi connectivity index (χ4n) is 2.82. The first-order valence-corrected chi connectivity index (χ1v) is 10.7. The van der Waals surface area contributed by atoms with E-state index in [1.54, 1.807) is 72.8 Å². The third-order valence-electron chi connectivity index (χ3n) is 4.33. The van der Waals surface area contributed by atoms with E-state index in [1.807, 2.05) is 0 Å². The van der Waals surface area contributed by atoms with Crippen LogP contribution in [0.1, 0.15) is 26.3 Å². The lowest BCUT2D eigenvalue weighted by molar-refractivity contribution is -0.115. The lowest BCUT2D eigenvalue weighted by atomic mass is 10.1. The summed E-state index contributed by atoms with van der Waals surface area (Å²) in [7, 11) is 0. The van der Waals surface area contributed by atoms with Crippen molar-refractivity contribution in [2.75, 3.05) is 0 Å². The molecule has 0 bridgehead atoms. The monoisotopic (exact) mass is 461 g/mol. The number of rotatable bonds is 5. The highest BCUT2D eigenvalue weighted by atomic mass is 32.2. The molecule has 4 rings (SSSR count).